The van der Waals surface area contributed by atoms with E-state index in [-0.39, 0.29) is 11.0 Å². The van der Waals surface area contributed by atoms with Crippen molar-refractivity contribution in [3.8, 4) is 5.75 Å². The molecule has 2 aromatic rings. The molecule has 0 aromatic heterocycles. The lowest BCUT2D eigenvalue weighted by Gasteiger charge is -2.15. The minimum absolute atomic E-state index is 0.250. The maximum absolute atomic E-state index is 12.4. The van der Waals surface area contributed by atoms with E-state index in [1.165, 1.54) is 0 Å². The van der Waals surface area contributed by atoms with Crippen LogP contribution in [0.2, 0.25) is 0 Å². The maximum Gasteiger partial charge on any atom is 0.257 e. The standard InChI is InChI=1S/C21H26N2O2S/c1-14(2)13-25-17-11-9-16(10-12-17)20(24)23-21(26)22-19-8-6-5-7-18(19)15(3)4/h5-12,14-15H,13H2,1-4H3,(H2,22,23,24,26). The Labute approximate surface area is 161 Å². The van der Waals surface area contributed by atoms with Crippen LogP contribution >= 0.6 is 12.2 Å². The van der Waals surface area contributed by atoms with Gasteiger partial charge < -0.3 is 10.1 Å². The number of anilines is 1. The molecule has 2 rings (SSSR count). The molecule has 5 heteroatoms. The Hall–Kier alpha value is -2.40. The van der Waals surface area contributed by atoms with Crippen molar-refractivity contribution in [2.75, 3.05) is 11.9 Å². The molecule has 26 heavy (non-hydrogen) atoms. The second-order valence-corrected chi connectivity index (χ2v) is 7.29. The molecule has 0 heterocycles. The molecule has 0 aliphatic heterocycles. The Bertz CT molecular complexity index is 755. The fourth-order valence-corrected chi connectivity index (χ4v) is 2.61. The molecule has 2 aromatic carbocycles. The largest absolute Gasteiger partial charge is 0.493 e. The number of nitrogens with one attached hydrogen (secondary N) is 2. The molecular formula is C21H26N2O2S. The lowest BCUT2D eigenvalue weighted by atomic mass is 10.0. The van der Waals surface area contributed by atoms with Gasteiger partial charge >= 0.3 is 0 Å². The number of hydrogen-bond donors (Lipinski definition) is 2. The lowest BCUT2D eigenvalue weighted by Crippen LogP contribution is -2.34. The smallest absolute Gasteiger partial charge is 0.257 e. The molecule has 138 valence electrons. The molecule has 0 fully saturated rings. The molecule has 0 atom stereocenters. The van der Waals surface area contributed by atoms with Crippen molar-refractivity contribution < 1.29 is 9.53 Å². The van der Waals surface area contributed by atoms with E-state index in [1.54, 1.807) is 24.3 Å². The number of rotatable bonds is 6. The minimum atomic E-state index is -0.250. The lowest BCUT2D eigenvalue weighted by molar-refractivity contribution is 0.0977. The predicted molar refractivity (Wildman–Crippen MR) is 111 cm³/mol. The van der Waals surface area contributed by atoms with Crippen molar-refractivity contribution in [1.29, 1.82) is 0 Å². The first-order chi connectivity index (χ1) is 12.4. The first-order valence-electron chi connectivity index (χ1n) is 8.81. The van der Waals surface area contributed by atoms with E-state index in [1.807, 2.05) is 24.3 Å². The number of carbonyl (C=O) groups excluding carboxylic acids is 1. The highest BCUT2D eigenvalue weighted by Crippen LogP contribution is 2.23. The van der Waals surface area contributed by atoms with Crippen LogP contribution in [0.4, 0.5) is 5.69 Å². The topological polar surface area (TPSA) is 50.4 Å². The Kier molecular flexibility index (Phi) is 7.16. The summed E-state index contributed by atoms with van der Waals surface area (Å²) in [7, 11) is 0. The molecule has 4 nitrogen and oxygen atoms in total. The first-order valence-corrected chi connectivity index (χ1v) is 9.21. The second-order valence-electron chi connectivity index (χ2n) is 6.88. The van der Waals surface area contributed by atoms with Gasteiger partial charge in [0.1, 0.15) is 5.75 Å². The first kappa shape index (κ1) is 19.9. The highest BCUT2D eigenvalue weighted by Gasteiger charge is 2.11. The number of carbonyl (C=O) groups is 1. The van der Waals surface area contributed by atoms with Gasteiger partial charge in [0.25, 0.3) is 5.91 Å². The van der Waals surface area contributed by atoms with E-state index < -0.39 is 0 Å². The Balaban J connectivity index is 1.96. The van der Waals surface area contributed by atoms with Crippen molar-refractivity contribution in [1.82, 2.24) is 5.32 Å². The van der Waals surface area contributed by atoms with Crippen LogP contribution in [0.1, 0.15) is 49.5 Å². The summed E-state index contributed by atoms with van der Waals surface area (Å²) in [5.74, 6) is 1.31. The van der Waals surface area contributed by atoms with Crippen molar-refractivity contribution in [2.24, 2.45) is 5.92 Å². The average molecular weight is 371 g/mol. The predicted octanol–water partition coefficient (Wildman–Crippen LogP) is 4.97. The van der Waals surface area contributed by atoms with Crippen LogP contribution in [0.3, 0.4) is 0 Å². The van der Waals surface area contributed by atoms with Crippen LogP contribution in [-0.2, 0) is 0 Å². The van der Waals surface area contributed by atoms with Gasteiger partial charge in [-0.15, -0.1) is 0 Å². The van der Waals surface area contributed by atoms with Gasteiger partial charge in [-0.2, -0.15) is 0 Å². The van der Waals surface area contributed by atoms with E-state index in [9.17, 15) is 4.79 Å². The van der Waals surface area contributed by atoms with Crippen LogP contribution in [0.5, 0.6) is 5.75 Å². The summed E-state index contributed by atoms with van der Waals surface area (Å²) in [4.78, 5) is 12.4. The third kappa shape index (κ3) is 5.85. The normalized spacial score (nSPS) is 10.7. The van der Waals surface area contributed by atoms with Crippen molar-refractivity contribution in [2.45, 2.75) is 33.6 Å². The number of hydrogen-bond acceptors (Lipinski definition) is 3. The van der Waals surface area contributed by atoms with Gasteiger partial charge in [-0.05, 0) is 59.9 Å². The number of thiocarbonyl (C=S) groups is 1. The van der Waals surface area contributed by atoms with E-state index in [4.69, 9.17) is 17.0 Å². The van der Waals surface area contributed by atoms with Gasteiger partial charge in [0.15, 0.2) is 5.11 Å². The molecular weight excluding hydrogens is 344 g/mol. The van der Waals surface area contributed by atoms with Crippen LogP contribution in [0, 0.1) is 5.92 Å². The molecule has 1 amide bonds. The summed E-state index contributed by atoms with van der Waals surface area (Å²) in [5.41, 5.74) is 2.59. The Morgan fingerprint density at radius 3 is 2.31 bits per heavy atom. The minimum Gasteiger partial charge on any atom is -0.493 e. The van der Waals surface area contributed by atoms with Gasteiger partial charge in [0.2, 0.25) is 0 Å². The molecule has 0 radical (unpaired) electrons. The SMILES string of the molecule is CC(C)COc1ccc(C(=O)NC(=S)Nc2ccccc2C(C)C)cc1. The molecule has 0 saturated carbocycles. The maximum atomic E-state index is 12.4. The van der Waals surface area contributed by atoms with Crippen LogP contribution in [0.15, 0.2) is 48.5 Å². The summed E-state index contributed by atoms with van der Waals surface area (Å²) < 4.78 is 5.63. The zero-order chi connectivity index (χ0) is 19.1. The molecule has 0 bridgehead atoms. The third-order valence-corrected chi connectivity index (χ3v) is 3.96. The molecule has 0 aliphatic rings. The van der Waals surface area contributed by atoms with E-state index in [0.717, 1.165) is 17.0 Å². The van der Waals surface area contributed by atoms with Gasteiger partial charge in [0.05, 0.1) is 6.61 Å². The van der Waals surface area contributed by atoms with Gasteiger partial charge in [-0.25, -0.2) is 0 Å². The van der Waals surface area contributed by atoms with E-state index in [0.29, 0.717) is 24.0 Å². The molecule has 0 saturated heterocycles. The van der Waals surface area contributed by atoms with Crippen LogP contribution in [-0.4, -0.2) is 17.6 Å². The molecule has 0 spiro atoms. The number of para-hydroxylation sites is 1. The number of amides is 1. The molecule has 0 aliphatic carbocycles. The molecule has 2 N–H and O–H groups in total. The van der Waals surface area contributed by atoms with Gasteiger partial charge in [-0.1, -0.05) is 45.9 Å². The second kappa shape index (κ2) is 9.34. The Morgan fingerprint density at radius 2 is 1.69 bits per heavy atom. The summed E-state index contributed by atoms with van der Waals surface area (Å²) in [5, 5.41) is 6.11. The Morgan fingerprint density at radius 1 is 1.04 bits per heavy atom. The van der Waals surface area contributed by atoms with Gasteiger partial charge in [0, 0.05) is 11.3 Å². The fourth-order valence-electron chi connectivity index (χ4n) is 2.41. The monoisotopic (exact) mass is 370 g/mol. The summed E-state index contributed by atoms with van der Waals surface area (Å²) >= 11 is 5.29. The average Bonchev–Trinajstić information content (AvgIpc) is 2.60. The van der Waals surface area contributed by atoms with E-state index in [2.05, 4.69) is 38.3 Å². The summed E-state index contributed by atoms with van der Waals surface area (Å²) in [6.45, 7) is 9.06. The highest BCUT2D eigenvalue weighted by molar-refractivity contribution is 7.80. The van der Waals surface area contributed by atoms with E-state index >= 15 is 0 Å². The van der Waals surface area contributed by atoms with Crippen molar-refractivity contribution in [3.63, 3.8) is 0 Å². The van der Waals surface area contributed by atoms with Gasteiger partial charge in [-0.3, -0.25) is 10.1 Å². The quantitative estimate of drug-likeness (QED) is 0.705. The molecule has 0 unspecified atom stereocenters. The third-order valence-electron chi connectivity index (χ3n) is 3.76. The number of ether oxygens (including phenoxy) is 1. The highest BCUT2D eigenvalue weighted by atomic mass is 32.1. The van der Waals surface area contributed by atoms with Crippen molar-refractivity contribution >= 4 is 28.9 Å². The fraction of sp³-hybridized carbons (Fsp3) is 0.333. The summed E-state index contributed by atoms with van der Waals surface area (Å²) in [6, 6.07) is 15.0. The van der Waals surface area contributed by atoms with Crippen molar-refractivity contribution in [3.05, 3.63) is 59.7 Å². The van der Waals surface area contributed by atoms with Crippen LogP contribution in [0.25, 0.3) is 0 Å². The van der Waals surface area contributed by atoms with Crippen LogP contribution < -0.4 is 15.4 Å². The zero-order valence-corrected chi connectivity index (χ0v) is 16.5. The number of benzene rings is 2. The summed E-state index contributed by atoms with van der Waals surface area (Å²) in [6.07, 6.45) is 0. The zero-order valence-electron chi connectivity index (χ0n) is 15.7.